The summed E-state index contributed by atoms with van der Waals surface area (Å²) < 4.78 is 0. The molecule has 0 saturated carbocycles. The Kier molecular flexibility index (Phi) is 37.7. The van der Waals surface area contributed by atoms with Gasteiger partial charge in [-0.1, -0.05) is 199 Å². The van der Waals surface area contributed by atoms with Crippen LogP contribution in [-0.2, 0) is 4.79 Å². The minimum absolute atomic E-state index is 0.364. The summed E-state index contributed by atoms with van der Waals surface area (Å²) in [7, 11) is 0. The van der Waals surface area contributed by atoms with Crippen LogP contribution in [0.5, 0.6) is 0 Å². The number of unbranched alkanes of at least 4 members (excludes halogenated alkanes) is 28. The molecule has 5 nitrogen and oxygen atoms in total. The molecule has 48 heavy (non-hydrogen) atoms. The minimum atomic E-state index is -1.10. The number of aliphatic hydroxyl groups is 3. The van der Waals surface area contributed by atoms with Gasteiger partial charge in [0.15, 0.2) is 0 Å². The number of nitrogens with one attached hydrogen (secondary N) is 1. The predicted molar refractivity (Wildman–Crippen MR) is 208 cm³/mol. The van der Waals surface area contributed by atoms with Gasteiger partial charge in [-0.15, -0.1) is 0 Å². The van der Waals surface area contributed by atoms with E-state index in [0.717, 1.165) is 32.1 Å². The van der Waals surface area contributed by atoms with Crippen LogP contribution < -0.4 is 5.32 Å². The highest BCUT2D eigenvalue weighted by molar-refractivity contribution is 5.80. The molecule has 5 heteroatoms. The number of aliphatic hydroxyl groups excluding tert-OH is 3. The van der Waals surface area contributed by atoms with Crippen LogP contribution in [0.1, 0.15) is 219 Å². The van der Waals surface area contributed by atoms with Crippen molar-refractivity contribution in [2.75, 3.05) is 6.61 Å². The van der Waals surface area contributed by atoms with E-state index in [2.05, 4.69) is 31.3 Å². The average Bonchev–Trinajstić information content (AvgIpc) is 3.09. The molecule has 0 rings (SSSR count). The third kappa shape index (κ3) is 33.3. The molecule has 0 fully saturated rings. The molecule has 0 aromatic rings. The molecule has 0 bridgehead atoms. The number of carbonyl (C=O) groups is 1. The lowest BCUT2D eigenvalue weighted by Crippen LogP contribution is -2.48. The molecule has 1 amide bonds. The zero-order valence-corrected chi connectivity index (χ0v) is 32.1. The molecule has 4 N–H and O–H groups in total. The van der Waals surface area contributed by atoms with E-state index < -0.39 is 24.2 Å². The topological polar surface area (TPSA) is 89.8 Å². The maximum Gasteiger partial charge on any atom is 0.249 e. The number of hydrogen-bond donors (Lipinski definition) is 4. The van der Waals surface area contributed by atoms with E-state index in [9.17, 15) is 20.1 Å². The Morgan fingerprint density at radius 1 is 0.500 bits per heavy atom. The highest BCUT2D eigenvalue weighted by atomic mass is 16.3. The van der Waals surface area contributed by atoms with Gasteiger partial charge in [0.1, 0.15) is 6.10 Å². The molecule has 0 aromatic carbocycles. The van der Waals surface area contributed by atoms with Gasteiger partial charge in [0.2, 0.25) is 5.91 Å². The molecule has 0 radical (unpaired) electrons. The molecular formula is C43H83NO4. The van der Waals surface area contributed by atoms with E-state index >= 15 is 0 Å². The zero-order chi connectivity index (χ0) is 35.2. The van der Waals surface area contributed by atoms with Gasteiger partial charge in [-0.05, 0) is 44.9 Å². The summed E-state index contributed by atoms with van der Waals surface area (Å²) in [5.74, 6) is -0.507. The quantitative estimate of drug-likeness (QED) is 0.0387. The Bertz CT molecular complexity index is 709. The van der Waals surface area contributed by atoms with Crippen molar-refractivity contribution in [2.24, 2.45) is 0 Å². The first-order valence-corrected chi connectivity index (χ1v) is 21.2. The number of carbonyl (C=O) groups excluding carboxylic acids is 1. The van der Waals surface area contributed by atoms with Crippen molar-refractivity contribution >= 4 is 5.91 Å². The van der Waals surface area contributed by atoms with Crippen molar-refractivity contribution in [3.05, 3.63) is 24.3 Å². The van der Waals surface area contributed by atoms with Gasteiger partial charge >= 0.3 is 0 Å². The van der Waals surface area contributed by atoms with Crippen LogP contribution in [0.4, 0.5) is 0 Å². The van der Waals surface area contributed by atoms with Gasteiger partial charge in [-0.3, -0.25) is 4.79 Å². The Morgan fingerprint density at radius 3 is 1.21 bits per heavy atom. The highest BCUT2D eigenvalue weighted by Gasteiger charge is 2.22. The average molecular weight is 678 g/mol. The lowest BCUT2D eigenvalue weighted by atomic mass is 10.0. The van der Waals surface area contributed by atoms with E-state index in [-0.39, 0.29) is 6.61 Å². The normalized spacial score (nSPS) is 13.9. The molecule has 0 heterocycles. The summed E-state index contributed by atoms with van der Waals surface area (Å²) in [5, 5.41) is 33.1. The summed E-state index contributed by atoms with van der Waals surface area (Å²) in [6, 6.07) is -0.797. The Balaban J connectivity index is 3.69. The van der Waals surface area contributed by atoms with Crippen LogP contribution in [0, 0.1) is 0 Å². The van der Waals surface area contributed by atoms with E-state index in [1.54, 1.807) is 6.08 Å². The summed E-state index contributed by atoms with van der Waals surface area (Å²) >= 11 is 0. The first-order chi connectivity index (χ1) is 23.6. The first kappa shape index (κ1) is 46.8. The molecule has 0 aliphatic heterocycles. The number of hydrogen-bond acceptors (Lipinski definition) is 4. The molecule has 0 saturated heterocycles. The maximum atomic E-state index is 12.4. The van der Waals surface area contributed by atoms with Crippen LogP contribution >= 0.6 is 0 Å². The molecule has 0 aromatic heterocycles. The fraction of sp³-hybridized carbons (Fsp3) is 0.884. The Morgan fingerprint density at radius 2 is 0.833 bits per heavy atom. The second-order valence-corrected chi connectivity index (χ2v) is 14.6. The Hall–Kier alpha value is -1.17. The monoisotopic (exact) mass is 678 g/mol. The van der Waals surface area contributed by atoms with E-state index in [1.807, 2.05) is 6.08 Å². The first-order valence-electron chi connectivity index (χ1n) is 21.2. The second-order valence-electron chi connectivity index (χ2n) is 14.6. The van der Waals surface area contributed by atoms with Crippen LogP contribution in [0.2, 0.25) is 0 Å². The number of amides is 1. The summed E-state index contributed by atoms with van der Waals surface area (Å²) in [6.07, 6.45) is 46.3. The smallest absolute Gasteiger partial charge is 0.249 e. The Labute approximate surface area is 299 Å². The predicted octanol–water partition coefficient (Wildman–Crippen LogP) is 11.8. The number of rotatable bonds is 38. The van der Waals surface area contributed by atoms with Crippen molar-refractivity contribution in [1.82, 2.24) is 5.32 Å². The molecule has 0 aliphatic rings. The third-order valence-electron chi connectivity index (χ3n) is 9.79. The van der Waals surface area contributed by atoms with Crippen molar-refractivity contribution in [1.29, 1.82) is 0 Å². The van der Waals surface area contributed by atoms with E-state index in [1.165, 1.54) is 167 Å². The number of allylic oxidation sites excluding steroid dienone is 3. The van der Waals surface area contributed by atoms with Gasteiger partial charge in [0, 0.05) is 0 Å². The molecular weight excluding hydrogens is 594 g/mol. The molecule has 284 valence electrons. The lowest BCUT2D eigenvalue weighted by molar-refractivity contribution is -0.131. The summed E-state index contributed by atoms with van der Waals surface area (Å²) in [5.41, 5.74) is 0. The minimum Gasteiger partial charge on any atom is -0.394 e. The maximum absolute atomic E-state index is 12.4. The standard InChI is InChI=1S/C43H83NO4/c1-3-5-7-9-11-13-15-17-19-20-21-22-24-26-28-30-32-34-36-38-42(47)43(48)44-40(39-45)41(46)37-35-33-31-29-27-25-23-18-16-14-12-10-8-6-4-2/h21-22,35,37,40-42,45-47H,3-20,23-34,36,38-39H2,1-2H3,(H,44,48)/b22-21-,37-35+. The van der Waals surface area contributed by atoms with Crippen LogP contribution in [0.25, 0.3) is 0 Å². The fourth-order valence-corrected chi connectivity index (χ4v) is 6.41. The summed E-state index contributed by atoms with van der Waals surface area (Å²) in [6.45, 7) is 4.18. The van der Waals surface area contributed by atoms with Gasteiger partial charge in [0.25, 0.3) is 0 Å². The van der Waals surface area contributed by atoms with Crippen molar-refractivity contribution in [3.8, 4) is 0 Å². The molecule has 0 spiro atoms. The SMILES string of the molecule is CCCCCCCCCCC/C=C\CCCCCCCCC(O)C(=O)NC(CO)C(O)/C=C/CCCCCCCCCCCCCCC. The highest BCUT2D eigenvalue weighted by Crippen LogP contribution is 2.15. The van der Waals surface area contributed by atoms with Crippen LogP contribution in [0.3, 0.4) is 0 Å². The van der Waals surface area contributed by atoms with Crippen molar-refractivity contribution in [3.63, 3.8) is 0 Å². The molecule has 3 atom stereocenters. The van der Waals surface area contributed by atoms with Gasteiger partial charge in [-0.25, -0.2) is 0 Å². The lowest BCUT2D eigenvalue weighted by Gasteiger charge is -2.21. The van der Waals surface area contributed by atoms with Crippen molar-refractivity contribution < 1.29 is 20.1 Å². The summed E-state index contributed by atoms with van der Waals surface area (Å²) in [4.78, 5) is 12.4. The molecule has 0 aliphatic carbocycles. The van der Waals surface area contributed by atoms with Gasteiger partial charge in [0.05, 0.1) is 18.8 Å². The fourth-order valence-electron chi connectivity index (χ4n) is 6.41. The second kappa shape index (κ2) is 38.6. The molecule has 3 unspecified atom stereocenters. The third-order valence-corrected chi connectivity index (χ3v) is 9.79. The van der Waals surface area contributed by atoms with Crippen molar-refractivity contribution in [2.45, 2.75) is 238 Å². The van der Waals surface area contributed by atoms with E-state index in [4.69, 9.17) is 0 Å². The van der Waals surface area contributed by atoms with Gasteiger partial charge < -0.3 is 20.6 Å². The zero-order valence-electron chi connectivity index (χ0n) is 32.1. The van der Waals surface area contributed by atoms with Crippen LogP contribution in [0.15, 0.2) is 24.3 Å². The van der Waals surface area contributed by atoms with Crippen LogP contribution in [-0.4, -0.2) is 46.1 Å². The van der Waals surface area contributed by atoms with E-state index in [0.29, 0.717) is 6.42 Å². The van der Waals surface area contributed by atoms with Gasteiger partial charge in [-0.2, -0.15) is 0 Å². The largest absolute Gasteiger partial charge is 0.394 e.